The predicted molar refractivity (Wildman–Crippen MR) is 70.2 cm³/mol. The Balaban J connectivity index is 2.55. The van der Waals surface area contributed by atoms with Crippen molar-refractivity contribution in [3.8, 4) is 11.5 Å². The van der Waals surface area contributed by atoms with E-state index in [0.717, 1.165) is 23.6 Å². The van der Waals surface area contributed by atoms with Gasteiger partial charge in [-0.2, -0.15) is 0 Å². The summed E-state index contributed by atoms with van der Waals surface area (Å²) in [6, 6.07) is 5.72. The number of ether oxygens (including phenoxy) is 2. The minimum absolute atomic E-state index is 0.665. The molecule has 0 aliphatic rings. The minimum Gasteiger partial charge on any atom is -0.497 e. The third-order valence-electron chi connectivity index (χ3n) is 2.38. The lowest BCUT2D eigenvalue weighted by atomic mass is 10.2. The number of benzene rings is 1. The highest BCUT2D eigenvalue weighted by Gasteiger charge is 2.04. The van der Waals surface area contributed by atoms with Gasteiger partial charge in [0.15, 0.2) is 0 Å². The van der Waals surface area contributed by atoms with Crippen LogP contribution in [0.1, 0.15) is 5.56 Å². The summed E-state index contributed by atoms with van der Waals surface area (Å²) in [7, 11) is 2.52. The van der Waals surface area contributed by atoms with Gasteiger partial charge in [-0.15, -0.1) is 0 Å². The van der Waals surface area contributed by atoms with Gasteiger partial charge in [0.1, 0.15) is 11.5 Å². The molecule has 1 atom stereocenters. The molecule has 0 aromatic heterocycles. The van der Waals surface area contributed by atoms with Gasteiger partial charge in [-0.25, -0.2) is 0 Å². The van der Waals surface area contributed by atoms with Crippen LogP contribution in [0.5, 0.6) is 11.5 Å². The quantitative estimate of drug-likeness (QED) is 0.745. The van der Waals surface area contributed by atoms with Gasteiger partial charge in [0.25, 0.3) is 0 Å². The van der Waals surface area contributed by atoms with Gasteiger partial charge in [-0.1, -0.05) is 6.07 Å². The van der Waals surface area contributed by atoms with Crippen LogP contribution >= 0.6 is 0 Å². The molecule has 0 heterocycles. The number of methoxy groups -OCH3 is 2. The molecule has 0 saturated heterocycles. The van der Waals surface area contributed by atoms with E-state index >= 15 is 0 Å². The minimum atomic E-state index is -0.749. The summed E-state index contributed by atoms with van der Waals surface area (Å²) in [5.41, 5.74) is 1.06. The van der Waals surface area contributed by atoms with Crippen molar-refractivity contribution >= 4 is 10.8 Å². The summed E-state index contributed by atoms with van der Waals surface area (Å²) in [4.78, 5) is 0. The Morgan fingerprint density at radius 2 is 2.06 bits per heavy atom. The van der Waals surface area contributed by atoms with Crippen molar-refractivity contribution in [3.63, 3.8) is 0 Å². The first-order valence-corrected chi connectivity index (χ1v) is 7.11. The highest BCUT2D eigenvalue weighted by Crippen LogP contribution is 2.24. The molecular weight excluding hydrogens is 238 g/mol. The average molecular weight is 257 g/mol. The summed E-state index contributed by atoms with van der Waals surface area (Å²) in [6.45, 7) is 1.43. The van der Waals surface area contributed by atoms with E-state index in [1.165, 1.54) is 0 Å². The van der Waals surface area contributed by atoms with Gasteiger partial charge in [-0.3, -0.25) is 4.21 Å². The second kappa shape index (κ2) is 7.29. The summed E-state index contributed by atoms with van der Waals surface area (Å²) in [6.07, 6.45) is 1.70. The number of hydrogen-bond acceptors (Lipinski definition) is 4. The Hall–Kier alpha value is -1.07. The average Bonchev–Trinajstić information content (AvgIpc) is 2.34. The van der Waals surface area contributed by atoms with Gasteiger partial charge < -0.3 is 14.8 Å². The molecule has 1 aromatic carbocycles. The predicted octanol–water partition coefficient (Wildman–Crippen LogP) is 1.17. The van der Waals surface area contributed by atoms with E-state index in [2.05, 4.69) is 5.32 Å². The maximum Gasteiger partial charge on any atom is 0.127 e. The lowest BCUT2D eigenvalue weighted by Gasteiger charge is -2.10. The molecule has 0 aliphatic carbocycles. The molecule has 1 rings (SSSR count). The first kappa shape index (κ1) is 14.0. The molecule has 0 amide bonds. The monoisotopic (exact) mass is 257 g/mol. The van der Waals surface area contributed by atoms with Crippen molar-refractivity contribution in [2.24, 2.45) is 0 Å². The van der Waals surface area contributed by atoms with E-state index in [4.69, 9.17) is 9.47 Å². The Morgan fingerprint density at radius 3 is 2.65 bits per heavy atom. The lowest BCUT2D eigenvalue weighted by Crippen LogP contribution is -2.19. The third kappa shape index (κ3) is 4.75. The number of rotatable bonds is 7. The van der Waals surface area contributed by atoms with E-state index in [-0.39, 0.29) is 0 Å². The van der Waals surface area contributed by atoms with E-state index < -0.39 is 10.8 Å². The van der Waals surface area contributed by atoms with Crippen LogP contribution in [-0.2, 0) is 17.3 Å². The standard InChI is InChI=1S/C12H19NO3S/c1-15-11-5-4-10(12(8-11)16-2)9-13-6-7-17(3)14/h4-5,8,13H,6-7,9H2,1-3H3. The molecule has 0 bridgehead atoms. The molecule has 0 aliphatic heterocycles. The van der Waals surface area contributed by atoms with E-state index in [9.17, 15) is 4.21 Å². The second-order valence-electron chi connectivity index (χ2n) is 3.63. The van der Waals surface area contributed by atoms with Gasteiger partial charge in [-0.05, 0) is 6.07 Å². The van der Waals surface area contributed by atoms with E-state index in [1.807, 2.05) is 18.2 Å². The highest BCUT2D eigenvalue weighted by atomic mass is 32.2. The molecule has 0 fully saturated rings. The SMILES string of the molecule is COc1ccc(CNCCS(C)=O)c(OC)c1. The maximum atomic E-state index is 10.9. The summed E-state index contributed by atoms with van der Waals surface area (Å²) in [5, 5.41) is 3.23. The normalized spacial score (nSPS) is 12.2. The molecular formula is C12H19NO3S. The maximum absolute atomic E-state index is 10.9. The summed E-state index contributed by atoms with van der Waals surface area (Å²) >= 11 is 0. The third-order valence-corrected chi connectivity index (χ3v) is 3.16. The largest absolute Gasteiger partial charge is 0.497 e. The number of hydrogen-bond donors (Lipinski definition) is 1. The highest BCUT2D eigenvalue weighted by molar-refractivity contribution is 7.84. The van der Waals surface area contributed by atoms with Crippen LogP contribution in [0.15, 0.2) is 18.2 Å². The molecule has 0 radical (unpaired) electrons. The molecule has 1 unspecified atom stereocenters. The van der Waals surface area contributed by atoms with Crippen LogP contribution in [0.4, 0.5) is 0 Å². The first-order valence-electron chi connectivity index (χ1n) is 5.39. The molecule has 1 aromatic rings. The van der Waals surface area contributed by atoms with Gasteiger partial charge in [0, 0.05) is 47.5 Å². The van der Waals surface area contributed by atoms with E-state index in [1.54, 1.807) is 20.5 Å². The van der Waals surface area contributed by atoms with Crippen molar-refractivity contribution < 1.29 is 13.7 Å². The van der Waals surface area contributed by atoms with Crippen LogP contribution in [0, 0.1) is 0 Å². The van der Waals surface area contributed by atoms with Crippen molar-refractivity contribution in [1.29, 1.82) is 0 Å². The van der Waals surface area contributed by atoms with Crippen molar-refractivity contribution in [1.82, 2.24) is 5.32 Å². The van der Waals surface area contributed by atoms with Crippen LogP contribution in [-0.4, -0.2) is 37.0 Å². The zero-order valence-corrected chi connectivity index (χ0v) is 11.3. The molecule has 17 heavy (non-hydrogen) atoms. The first-order chi connectivity index (χ1) is 8.17. The van der Waals surface area contributed by atoms with E-state index in [0.29, 0.717) is 12.3 Å². The van der Waals surface area contributed by atoms with Gasteiger partial charge in [0.2, 0.25) is 0 Å². The molecule has 96 valence electrons. The van der Waals surface area contributed by atoms with Crippen LogP contribution in [0.3, 0.4) is 0 Å². The Labute approximate surface area is 105 Å². The summed E-state index contributed by atoms with van der Waals surface area (Å²) < 4.78 is 21.3. The van der Waals surface area contributed by atoms with Crippen LogP contribution < -0.4 is 14.8 Å². The smallest absolute Gasteiger partial charge is 0.127 e. The Bertz CT molecular complexity index is 382. The summed E-state index contributed by atoms with van der Waals surface area (Å²) in [5.74, 6) is 2.24. The van der Waals surface area contributed by atoms with Crippen molar-refractivity contribution in [2.45, 2.75) is 6.54 Å². The Kier molecular flexibility index (Phi) is 6.00. The molecule has 0 saturated carbocycles. The molecule has 0 spiro atoms. The Morgan fingerprint density at radius 1 is 1.29 bits per heavy atom. The molecule has 4 nitrogen and oxygen atoms in total. The van der Waals surface area contributed by atoms with Crippen molar-refractivity contribution in [2.75, 3.05) is 32.8 Å². The fourth-order valence-corrected chi connectivity index (χ4v) is 1.87. The van der Waals surface area contributed by atoms with Crippen LogP contribution in [0.25, 0.3) is 0 Å². The topological polar surface area (TPSA) is 47.6 Å². The molecule has 1 N–H and O–H groups in total. The van der Waals surface area contributed by atoms with Gasteiger partial charge >= 0.3 is 0 Å². The number of nitrogens with one attached hydrogen (secondary N) is 1. The molecule has 5 heteroatoms. The zero-order chi connectivity index (χ0) is 12.7. The van der Waals surface area contributed by atoms with Crippen LogP contribution in [0.2, 0.25) is 0 Å². The fourth-order valence-electron chi connectivity index (χ4n) is 1.44. The second-order valence-corrected chi connectivity index (χ2v) is 5.19. The van der Waals surface area contributed by atoms with Crippen molar-refractivity contribution in [3.05, 3.63) is 23.8 Å². The fraction of sp³-hybridized carbons (Fsp3) is 0.500. The zero-order valence-electron chi connectivity index (χ0n) is 10.5. The lowest BCUT2D eigenvalue weighted by molar-refractivity contribution is 0.390. The van der Waals surface area contributed by atoms with Gasteiger partial charge in [0.05, 0.1) is 14.2 Å².